The van der Waals surface area contributed by atoms with Crippen LogP contribution in [0.1, 0.15) is 37.9 Å². The van der Waals surface area contributed by atoms with Crippen LogP contribution in [0.4, 0.5) is 33.5 Å². The molecule has 0 saturated carbocycles. The first kappa shape index (κ1) is 28.2. The molecule has 14 heteroatoms. The van der Waals surface area contributed by atoms with Gasteiger partial charge in [-0.05, 0) is 52.2 Å². The molecule has 224 valence electrons. The zero-order valence-corrected chi connectivity index (χ0v) is 23.2. The predicted octanol–water partition coefficient (Wildman–Crippen LogP) is 4.27. The SMILES string of the molecule is CCNC(=O)C12CCC(N1)C1C(C)Oc3nc(-c4cc(N)cc(F)c4OC(F)(F)F)c(F)c4c(C)c(C)nc(c34)N1C2. The van der Waals surface area contributed by atoms with Crippen LogP contribution in [0.25, 0.3) is 22.0 Å². The van der Waals surface area contributed by atoms with E-state index < -0.39 is 46.6 Å². The van der Waals surface area contributed by atoms with Crippen molar-refractivity contribution in [2.75, 3.05) is 23.7 Å². The zero-order chi connectivity index (χ0) is 30.3. The Morgan fingerprint density at radius 3 is 2.69 bits per heavy atom. The van der Waals surface area contributed by atoms with E-state index in [0.717, 1.165) is 6.07 Å². The molecule has 0 aliphatic carbocycles. The van der Waals surface area contributed by atoms with Crippen molar-refractivity contribution in [2.45, 2.75) is 70.6 Å². The second-order valence-electron chi connectivity index (χ2n) is 11.1. The van der Waals surface area contributed by atoms with Crippen LogP contribution >= 0.6 is 0 Å². The number of ether oxygens (including phenoxy) is 2. The normalized spacial score (nSPS) is 24.7. The number of carbonyl (C=O) groups is 1. The van der Waals surface area contributed by atoms with Crippen molar-refractivity contribution in [3.8, 4) is 22.9 Å². The van der Waals surface area contributed by atoms with Gasteiger partial charge in [0, 0.05) is 42.0 Å². The van der Waals surface area contributed by atoms with Crippen LogP contribution in [-0.4, -0.2) is 59.1 Å². The Kier molecular flexibility index (Phi) is 6.41. The van der Waals surface area contributed by atoms with E-state index in [1.165, 1.54) is 0 Å². The average molecular weight is 593 g/mol. The Morgan fingerprint density at radius 2 is 2.00 bits per heavy atom. The summed E-state index contributed by atoms with van der Waals surface area (Å²) in [7, 11) is 0. The van der Waals surface area contributed by atoms with Gasteiger partial charge in [0.15, 0.2) is 17.4 Å². The van der Waals surface area contributed by atoms with Gasteiger partial charge in [0.25, 0.3) is 0 Å². The van der Waals surface area contributed by atoms with E-state index in [0.29, 0.717) is 42.5 Å². The number of nitrogens with zero attached hydrogens (tertiary/aromatic N) is 3. The smallest absolute Gasteiger partial charge is 0.472 e. The summed E-state index contributed by atoms with van der Waals surface area (Å²) in [4.78, 5) is 24.3. The van der Waals surface area contributed by atoms with Gasteiger partial charge in [-0.25, -0.2) is 18.7 Å². The standard InChI is InChI=1S/C28H29F5N6O3/c1-5-35-26(40)27-7-6-17(38-27)22-13(4)41-25-19-18(11(2)12(3)36-24(19)39(22)10-27)20(30)21(37-25)15-8-14(34)9-16(29)23(15)42-28(31,32)33/h8-9,13,17,22,38H,5-7,10,34H2,1-4H3,(H,35,40). The van der Waals surface area contributed by atoms with Crippen LogP contribution in [-0.2, 0) is 4.79 Å². The molecule has 3 aromatic rings. The number of hydrogen-bond donors (Lipinski definition) is 3. The fourth-order valence-corrected chi connectivity index (χ4v) is 6.58. The van der Waals surface area contributed by atoms with E-state index in [9.17, 15) is 22.4 Å². The predicted molar refractivity (Wildman–Crippen MR) is 144 cm³/mol. The van der Waals surface area contributed by atoms with Crippen molar-refractivity contribution in [1.82, 2.24) is 20.6 Å². The summed E-state index contributed by atoms with van der Waals surface area (Å²) >= 11 is 0. The van der Waals surface area contributed by atoms with E-state index in [1.807, 2.05) is 11.8 Å². The van der Waals surface area contributed by atoms with Crippen molar-refractivity contribution in [3.63, 3.8) is 0 Å². The number of halogens is 5. The molecule has 2 saturated heterocycles. The van der Waals surface area contributed by atoms with Crippen molar-refractivity contribution in [2.24, 2.45) is 0 Å². The summed E-state index contributed by atoms with van der Waals surface area (Å²) in [5, 5.41) is 6.60. The summed E-state index contributed by atoms with van der Waals surface area (Å²) in [6, 6.07) is 1.12. The highest BCUT2D eigenvalue weighted by molar-refractivity contribution is 6.02. The van der Waals surface area contributed by atoms with Crippen LogP contribution in [0.5, 0.6) is 11.6 Å². The Balaban J connectivity index is 1.61. The molecule has 2 fully saturated rings. The first-order valence-corrected chi connectivity index (χ1v) is 13.6. The number of alkyl halides is 3. The number of nitrogen functional groups attached to an aromatic ring is 1. The number of fused-ring (bicyclic) bond motifs is 5. The molecule has 2 bridgehead atoms. The van der Waals surface area contributed by atoms with Crippen LogP contribution in [0.2, 0.25) is 0 Å². The number of aryl methyl sites for hydroxylation is 2. The molecular weight excluding hydrogens is 563 g/mol. The Morgan fingerprint density at radius 1 is 1.26 bits per heavy atom. The monoisotopic (exact) mass is 592 g/mol. The lowest BCUT2D eigenvalue weighted by Gasteiger charge is -2.47. The Bertz CT molecular complexity index is 1630. The molecule has 4 unspecified atom stereocenters. The summed E-state index contributed by atoms with van der Waals surface area (Å²) < 4.78 is 81.5. The van der Waals surface area contributed by atoms with Gasteiger partial charge in [-0.1, -0.05) is 0 Å². The largest absolute Gasteiger partial charge is 0.573 e. The maximum Gasteiger partial charge on any atom is 0.573 e. The van der Waals surface area contributed by atoms with Crippen molar-refractivity contribution in [3.05, 3.63) is 35.0 Å². The number of benzene rings is 1. The summed E-state index contributed by atoms with van der Waals surface area (Å²) in [6.07, 6.45) is -4.59. The minimum absolute atomic E-state index is 0.00378. The van der Waals surface area contributed by atoms with Gasteiger partial charge in [0.05, 0.1) is 17.0 Å². The number of nitrogens with two attached hydrogens (primary N) is 1. The molecule has 0 spiro atoms. The quantitative estimate of drug-likeness (QED) is 0.304. The molecule has 3 aliphatic rings. The lowest BCUT2D eigenvalue weighted by Crippen LogP contribution is -2.71. The Hall–Kier alpha value is -3.94. The average Bonchev–Trinajstić information content (AvgIpc) is 3.20. The van der Waals surface area contributed by atoms with E-state index in [-0.39, 0.29) is 46.9 Å². The van der Waals surface area contributed by atoms with Crippen molar-refractivity contribution >= 4 is 28.2 Å². The third kappa shape index (κ3) is 4.26. The van der Waals surface area contributed by atoms with Gasteiger partial charge < -0.3 is 25.4 Å². The fraction of sp³-hybridized carbons (Fsp3) is 0.464. The highest BCUT2D eigenvalue weighted by Gasteiger charge is 2.56. The molecule has 1 aromatic carbocycles. The number of hydrogen-bond acceptors (Lipinski definition) is 8. The third-order valence-electron chi connectivity index (χ3n) is 8.44. The van der Waals surface area contributed by atoms with Crippen LogP contribution in [0, 0.1) is 25.5 Å². The number of pyridine rings is 2. The van der Waals surface area contributed by atoms with Crippen LogP contribution in [0.3, 0.4) is 0 Å². The summed E-state index contributed by atoms with van der Waals surface area (Å²) in [6.45, 7) is 7.62. The number of carbonyl (C=O) groups excluding carboxylic acids is 1. The second-order valence-corrected chi connectivity index (χ2v) is 11.1. The Labute approximate surface area is 237 Å². The number of rotatable bonds is 4. The van der Waals surface area contributed by atoms with Gasteiger partial charge in [-0.15, -0.1) is 13.2 Å². The first-order chi connectivity index (χ1) is 19.7. The molecule has 5 heterocycles. The van der Waals surface area contributed by atoms with E-state index in [4.69, 9.17) is 15.5 Å². The highest BCUT2D eigenvalue weighted by Crippen LogP contribution is 2.48. The van der Waals surface area contributed by atoms with E-state index in [2.05, 4.69) is 20.4 Å². The minimum Gasteiger partial charge on any atom is -0.472 e. The van der Waals surface area contributed by atoms with Gasteiger partial charge in [-0.3, -0.25) is 10.1 Å². The van der Waals surface area contributed by atoms with Gasteiger partial charge >= 0.3 is 6.36 Å². The van der Waals surface area contributed by atoms with Crippen molar-refractivity contribution < 1.29 is 36.2 Å². The summed E-state index contributed by atoms with van der Waals surface area (Å²) in [5.41, 5.74) is 4.21. The van der Waals surface area contributed by atoms with E-state index >= 15 is 4.39 Å². The maximum atomic E-state index is 16.6. The molecule has 0 radical (unpaired) electrons. The minimum atomic E-state index is -5.27. The van der Waals surface area contributed by atoms with Gasteiger partial charge in [0.2, 0.25) is 11.8 Å². The molecule has 9 nitrogen and oxygen atoms in total. The zero-order valence-electron chi connectivity index (χ0n) is 23.2. The number of anilines is 2. The third-order valence-corrected chi connectivity index (χ3v) is 8.44. The lowest BCUT2D eigenvalue weighted by atomic mass is 9.93. The van der Waals surface area contributed by atoms with Crippen molar-refractivity contribution in [1.29, 1.82) is 0 Å². The fourth-order valence-electron chi connectivity index (χ4n) is 6.58. The number of likely N-dealkylation sites (N-methyl/N-ethyl adjacent to an activating group) is 1. The van der Waals surface area contributed by atoms with Gasteiger partial charge in [0.1, 0.15) is 23.2 Å². The molecule has 3 aliphatic heterocycles. The molecule has 4 atom stereocenters. The number of nitrogens with one attached hydrogen (secondary N) is 2. The molecular formula is C28H29F5N6O3. The number of aromatic nitrogens is 2. The molecule has 42 heavy (non-hydrogen) atoms. The maximum absolute atomic E-state index is 16.6. The van der Waals surface area contributed by atoms with Gasteiger partial charge in [-0.2, -0.15) is 0 Å². The second kappa shape index (κ2) is 9.54. The molecule has 1 amide bonds. The lowest BCUT2D eigenvalue weighted by molar-refractivity contribution is -0.275. The molecule has 4 N–H and O–H groups in total. The van der Waals surface area contributed by atoms with Crippen LogP contribution in [0.15, 0.2) is 12.1 Å². The number of piperazine rings is 1. The topological polar surface area (TPSA) is 115 Å². The molecule has 2 aromatic heterocycles. The first-order valence-electron chi connectivity index (χ1n) is 13.6. The number of amides is 1. The van der Waals surface area contributed by atoms with Crippen LogP contribution < -0.4 is 30.7 Å². The highest BCUT2D eigenvalue weighted by atomic mass is 19.4. The van der Waals surface area contributed by atoms with E-state index in [1.54, 1.807) is 20.8 Å². The summed E-state index contributed by atoms with van der Waals surface area (Å²) in [5.74, 6) is -3.59. The molecule has 6 rings (SSSR count).